The van der Waals surface area contributed by atoms with Crippen LogP contribution in [0.5, 0.6) is 0 Å². The summed E-state index contributed by atoms with van der Waals surface area (Å²) in [6.07, 6.45) is 10.6. The van der Waals surface area contributed by atoms with E-state index in [0.717, 1.165) is 18.4 Å². The third kappa shape index (κ3) is 1.51. The molecule has 2 aliphatic carbocycles. The topological polar surface area (TPSA) is 37.3 Å². The lowest BCUT2D eigenvalue weighted by Gasteiger charge is -2.40. The summed E-state index contributed by atoms with van der Waals surface area (Å²) in [5.41, 5.74) is 0.912. The Labute approximate surface area is 97.0 Å². The van der Waals surface area contributed by atoms with Crippen LogP contribution in [0.25, 0.3) is 0 Å². The van der Waals surface area contributed by atoms with Crippen molar-refractivity contribution < 1.29 is 9.90 Å². The molecule has 0 heterocycles. The number of aliphatic carboxylic acids is 1. The summed E-state index contributed by atoms with van der Waals surface area (Å²) >= 11 is 0. The summed E-state index contributed by atoms with van der Waals surface area (Å²) in [4.78, 5) is 11.5. The quantitative estimate of drug-likeness (QED) is 0.774. The number of carboxylic acid groups (broad SMARTS) is 1. The Morgan fingerprint density at radius 2 is 2.38 bits per heavy atom. The van der Waals surface area contributed by atoms with Crippen molar-refractivity contribution in [2.24, 2.45) is 17.3 Å². The highest BCUT2D eigenvalue weighted by Crippen LogP contribution is 2.54. The molecule has 0 aromatic rings. The van der Waals surface area contributed by atoms with Gasteiger partial charge < -0.3 is 5.11 Å². The highest BCUT2D eigenvalue weighted by Gasteiger charge is 2.50. The van der Waals surface area contributed by atoms with Gasteiger partial charge in [-0.3, -0.25) is 4.79 Å². The van der Waals surface area contributed by atoms with Gasteiger partial charge in [-0.1, -0.05) is 43.6 Å². The maximum Gasteiger partial charge on any atom is 0.311 e. The molecule has 1 fully saturated rings. The van der Waals surface area contributed by atoms with E-state index in [1.54, 1.807) is 0 Å². The molecule has 16 heavy (non-hydrogen) atoms. The Bertz CT molecular complexity index is 354. The standard InChI is InChI=1S/C14H20O2/c1-3-11-7-5-9-14(11)8-4-6-10(2)12(14)13(15)16/h4,6,8,11-12H,3,5,7,9H2,1-2H3,(H,15,16). The lowest BCUT2D eigenvalue weighted by atomic mass is 9.63. The van der Waals surface area contributed by atoms with Gasteiger partial charge in [-0.15, -0.1) is 0 Å². The monoisotopic (exact) mass is 220 g/mol. The Balaban J connectivity index is 2.42. The minimum atomic E-state index is -0.654. The van der Waals surface area contributed by atoms with Crippen LogP contribution in [-0.2, 0) is 4.79 Å². The van der Waals surface area contributed by atoms with E-state index in [1.807, 2.05) is 13.0 Å². The molecule has 1 saturated carbocycles. The number of allylic oxidation sites excluding steroid dienone is 3. The molecule has 0 saturated heterocycles. The molecule has 2 aliphatic rings. The van der Waals surface area contributed by atoms with Crippen LogP contribution in [0.15, 0.2) is 23.8 Å². The van der Waals surface area contributed by atoms with Gasteiger partial charge in [0.25, 0.3) is 0 Å². The summed E-state index contributed by atoms with van der Waals surface area (Å²) in [6.45, 7) is 4.13. The van der Waals surface area contributed by atoms with Crippen molar-refractivity contribution >= 4 is 5.97 Å². The summed E-state index contributed by atoms with van der Waals surface area (Å²) in [7, 11) is 0. The van der Waals surface area contributed by atoms with Gasteiger partial charge in [0.05, 0.1) is 5.92 Å². The van der Waals surface area contributed by atoms with Gasteiger partial charge in [-0.2, -0.15) is 0 Å². The maximum atomic E-state index is 11.5. The van der Waals surface area contributed by atoms with E-state index in [-0.39, 0.29) is 11.3 Å². The van der Waals surface area contributed by atoms with Crippen molar-refractivity contribution in [2.75, 3.05) is 0 Å². The SMILES string of the molecule is CCC1CCCC12C=CC=C(C)C2C(=O)O. The largest absolute Gasteiger partial charge is 0.481 e. The summed E-state index contributed by atoms with van der Waals surface area (Å²) in [5.74, 6) is -0.420. The van der Waals surface area contributed by atoms with E-state index in [9.17, 15) is 9.90 Å². The fourth-order valence-corrected chi connectivity index (χ4v) is 3.73. The van der Waals surface area contributed by atoms with E-state index in [4.69, 9.17) is 0 Å². The van der Waals surface area contributed by atoms with Crippen LogP contribution < -0.4 is 0 Å². The van der Waals surface area contributed by atoms with Gasteiger partial charge in [0.2, 0.25) is 0 Å². The smallest absolute Gasteiger partial charge is 0.311 e. The molecule has 0 radical (unpaired) electrons. The zero-order chi connectivity index (χ0) is 11.8. The number of rotatable bonds is 2. The van der Waals surface area contributed by atoms with Crippen LogP contribution >= 0.6 is 0 Å². The molecule has 3 atom stereocenters. The van der Waals surface area contributed by atoms with Gasteiger partial charge in [0.1, 0.15) is 0 Å². The molecule has 0 bridgehead atoms. The Morgan fingerprint density at radius 3 is 3.00 bits per heavy atom. The molecule has 0 aromatic carbocycles. The van der Waals surface area contributed by atoms with Gasteiger partial charge >= 0.3 is 5.97 Å². The van der Waals surface area contributed by atoms with Crippen molar-refractivity contribution in [1.82, 2.24) is 0 Å². The first-order chi connectivity index (χ1) is 7.62. The minimum absolute atomic E-state index is 0.0978. The molecule has 88 valence electrons. The molecule has 1 spiro atoms. The highest BCUT2D eigenvalue weighted by molar-refractivity contribution is 5.76. The van der Waals surface area contributed by atoms with Gasteiger partial charge in [0, 0.05) is 5.41 Å². The minimum Gasteiger partial charge on any atom is -0.481 e. The second-order valence-electron chi connectivity index (χ2n) is 5.15. The predicted molar refractivity (Wildman–Crippen MR) is 64.1 cm³/mol. The third-order valence-electron chi connectivity index (χ3n) is 4.42. The average molecular weight is 220 g/mol. The molecule has 0 amide bonds. The zero-order valence-electron chi connectivity index (χ0n) is 10.1. The molecule has 2 heteroatoms. The van der Waals surface area contributed by atoms with Gasteiger partial charge in [-0.25, -0.2) is 0 Å². The summed E-state index contributed by atoms with van der Waals surface area (Å²) in [5, 5.41) is 9.47. The Morgan fingerprint density at radius 1 is 1.62 bits per heavy atom. The van der Waals surface area contributed by atoms with Crippen LogP contribution in [0.2, 0.25) is 0 Å². The van der Waals surface area contributed by atoms with Crippen LogP contribution in [-0.4, -0.2) is 11.1 Å². The van der Waals surface area contributed by atoms with Crippen molar-refractivity contribution in [3.63, 3.8) is 0 Å². The van der Waals surface area contributed by atoms with E-state index in [1.165, 1.54) is 12.8 Å². The summed E-state index contributed by atoms with van der Waals surface area (Å²) < 4.78 is 0. The van der Waals surface area contributed by atoms with Crippen LogP contribution in [0.3, 0.4) is 0 Å². The van der Waals surface area contributed by atoms with Crippen LogP contribution in [0.4, 0.5) is 0 Å². The fraction of sp³-hybridized carbons (Fsp3) is 0.643. The lowest BCUT2D eigenvalue weighted by Crippen LogP contribution is -2.39. The average Bonchev–Trinajstić information content (AvgIpc) is 2.60. The predicted octanol–water partition coefficient (Wildman–Crippen LogP) is 3.40. The first kappa shape index (κ1) is 11.4. The highest BCUT2D eigenvalue weighted by atomic mass is 16.4. The number of hydrogen-bond acceptors (Lipinski definition) is 1. The second kappa shape index (κ2) is 4.08. The van der Waals surface area contributed by atoms with E-state index in [0.29, 0.717) is 5.92 Å². The lowest BCUT2D eigenvalue weighted by molar-refractivity contribution is -0.144. The Kier molecular flexibility index (Phi) is 2.92. The van der Waals surface area contributed by atoms with Crippen LogP contribution in [0, 0.1) is 17.3 Å². The number of hydrogen-bond donors (Lipinski definition) is 1. The summed E-state index contributed by atoms with van der Waals surface area (Å²) in [6, 6.07) is 0. The van der Waals surface area contributed by atoms with Crippen molar-refractivity contribution in [3.8, 4) is 0 Å². The first-order valence-corrected chi connectivity index (χ1v) is 6.20. The molecule has 2 nitrogen and oxygen atoms in total. The molecule has 0 aliphatic heterocycles. The van der Waals surface area contributed by atoms with E-state index in [2.05, 4.69) is 19.1 Å². The zero-order valence-corrected chi connectivity index (χ0v) is 10.1. The molecule has 3 unspecified atom stereocenters. The van der Waals surface area contributed by atoms with Crippen molar-refractivity contribution in [2.45, 2.75) is 39.5 Å². The molecule has 1 N–H and O–H groups in total. The van der Waals surface area contributed by atoms with Gasteiger partial charge in [-0.05, 0) is 25.7 Å². The van der Waals surface area contributed by atoms with Crippen LogP contribution in [0.1, 0.15) is 39.5 Å². The maximum absolute atomic E-state index is 11.5. The number of carboxylic acids is 1. The fourth-order valence-electron chi connectivity index (χ4n) is 3.73. The van der Waals surface area contributed by atoms with E-state index < -0.39 is 5.97 Å². The first-order valence-electron chi connectivity index (χ1n) is 6.20. The molecule has 2 rings (SSSR count). The molecular weight excluding hydrogens is 200 g/mol. The van der Waals surface area contributed by atoms with Crippen molar-refractivity contribution in [3.05, 3.63) is 23.8 Å². The third-order valence-corrected chi connectivity index (χ3v) is 4.42. The number of carbonyl (C=O) groups is 1. The molecular formula is C14H20O2. The normalized spacial score (nSPS) is 37.8. The van der Waals surface area contributed by atoms with Crippen molar-refractivity contribution in [1.29, 1.82) is 0 Å². The van der Waals surface area contributed by atoms with E-state index >= 15 is 0 Å². The van der Waals surface area contributed by atoms with Gasteiger partial charge in [0.15, 0.2) is 0 Å². The Hall–Kier alpha value is -1.05. The second-order valence-corrected chi connectivity index (χ2v) is 5.15. The molecule has 0 aromatic heterocycles.